The van der Waals surface area contributed by atoms with E-state index in [2.05, 4.69) is 0 Å². The molecule has 0 N–H and O–H groups in total. The van der Waals surface area contributed by atoms with Gasteiger partial charge >= 0.3 is 0 Å². The number of hydrogen-bond acceptors (Lipinski definition) is 4. The summed E-state index contributed by atoms with van der Waals surface area (Å²) >= 11 is 0. The topological polar surface area (TPSA) is 86.3 Å². The zero-order chi connectivity index (χ0) is 22.0. The fourth-order valence-corrected chi connectivity index (χ4v) is 4.87. The summed E-state index contributed by atoms with van der Waals surface area (Å²) in [6.45, 7) is 0. The Labute approximate surface area is 182 Å². The van der Waals surface area contributed by atoms with Gasteiger partial charge in [0.1, 0.15) is 0 Å². The van der Waals surface area contributed by atoms with E-state index in [9.17, 15) is 20.2 Å². The predicted molar refractivity (Wildman–Crippen MR) is 122 cm³/mol. The van der Waals surface area contributed by atoms with Crippen LogP contribution < -0.4 is 0 Å². The Bertz CT molecular complexity index is 1420. The largest absolute Gasteiger partial charge is 0.270 e. The van der Waals surface area contributed by atoms with E-state index in [0.717, 1.165) is 55.7 Å². The molecule has 4 aromatic carbocycles. The van der Waals surface area contributed by atoms with Gasteiger partial charge in [-0.1, -0.05) is 48.5 Å². The van der Waals surface area contributed by atoms with Gasteiger partial charge in [0.15, 0.2) is 0 Å². The second-order valence-electron chi connectivity index (χ2n) is 7.82. The molecule has 0 saturated carbocycles. The van der Waals surface area contributed by atoms with E-state index in [1.54, 1.807) is 12.1 Å². The molecule has 6 rings (SSSR count). The minimum atomic E-state index is -0.382. The number of non-ortho nitro benzene ring substituents is 2. The second-order valence-corrected chi connectivity index (χ2v) is 7.82. The second kappa shape index (κ2) is 6.46. The lowest BCUT2D eigenvalue weighted by Gasteiger charge is -2.11. The van der Waals surface area contributed by atoms with E-state index in [-0.39, 0.29) is 21.2 Å². The number of rotatable bonds is 2. The maximum atomic E-state index is 11.4. The Balaban J connectivity index is 1.74. The zero-order valence-electron chi connectivity index (χ0n) is 16.6. The van der Waals surface area contributed by atoms with Gasteiger partial charge < -0.3 is 0 Å². The van der Waals surface area contributed by atoms with Crippen LogP contribution in [0.1, 0.15) is 22.3 Å². The van der Waals surface area contributed by atoms with Crippen LogP contribution >= 0.6 is 0 Å². The zero-order valence-corrected chi connectivity index (χ0v) is 16.6. The van der Waals surface area contributed by atoms with Crippen LogP contribution in [0.2, 0.25) is 0 Å². The van der Waals surface area contributed by atoms with Gasteiger partial charge in [0.05, 0.1) is 9.85 Å². The Hall–Kier alpha value is -4.58. The Morgan fingerprint density at radius 1 is 0.438 bits per heavy atom. The first-order valence-corrected chi connectivity index (χ1v) is 10.1. The van der Waals surface area contributed by atoms with Crippen LogP contribution in [0, 0.1) is 20.2 Å². The molecule has 0 spiro atoms. The number of nitrogens with zero attached hydrogens (tertiary/aromatic N) is 2. The van der Waals surface area contributed by atoms with Crippen LogP contribution in [-0.4, -0.2) is 9.85 Å². The van der Waals surface area contributed by atoms with Crippen molar-refractivity contribution in [1.29, 1.82) is 0 Å². The van der Waals surface area contributed by atoms with E-state index in [0.29, 0.717) is 0 Å². The standard InChI is InChI=1S/C26H14N2O4/c29-27(30)15-9-11-21-23(13-15)17-5-1-3-7-19(17)25(21)26-20-8-4-2-6-18(20)24-14-16(28(31)32)10-12-22(24)26/h1-14H/b26-25+. The highest BCUT2D eigenvalue weighted by atomic mass is 16.6. The highest BCUT2D eigenvalue weighted by Gasteiger charge is 2.33. The maximum Gasteiger partial charge on any atom is 0.270 e. The average molecular weight is 418 g/mol. The molecular formula is C26H14N2O4. The third-order valence-electron chi connectivity index (χ3n) is 6.19. The van der Waals surface area contributed by atoms with Crippen LogP contribution in [0.5, 0.6) is 0 Å². The van der Waals surface area contributed by atoms with E-state index in [1.807, 2.05) is 60.7 Å². The molecule has 2 aliphatic rings. The Morgan fingerprint density at radius 3 is 1.16 bits per heavy atom. The van der Waals surface area contributed by atoms with E-state index in [4.69, 9.17) is 0 Å². The van der Waals surface area contributed by atoms with E-state index >= 15 is 0 Å². The first-order valence-electron chi connectivity index (χ1n) is 10.1. The number of benzene rings is 4. The van der Waals surface area contributed by atoms with Gasteiger partial charge in [0, 0.05) is 24.3 Å². The molecule has 4 aromatic rings. The van der Waals surface area contributed by atoms with Crippen LogP contribution in [0.4, 0.5) is 11.4 Å². The lowest BCUT2D eigenvalue weighted by Crippen LogP contribution is -1.92. The monoisotopic (exact) mass is 418 g/mol. The van der Waals surface area contributed by atoms with Crippen molar-refractivity contribution in [3.63, 3.8) is 0 Å². The summed E-state index contributed by atoms with van der Waals surface area (Å²) in [6.07, 6.45) is 0. The third-order valence-corrected chi connectivity index (χ3v) is 6.19. The van der Waals surface area contributed by atoms with Crippen molar-refractivity contribution in [3.8, 4) is 22.3 Å². The summed E-state index contributed by atoms with van der Waals surface area (Å²) in [5, 5.41) is 22.8. The molecule has 0 saturated heterocycles. The quantitative estimate of drug-likeness (QED) is 0.238. The molecule has 152 valence electrons. The lowest BCUT2D eigenvalue weighted by molar-refractivity contribution is -0.385. The normalized spacial score (nSPS) is 15.0. The van der Waals surface area contributed by atoms with Crippen LogP contribution in [0.25, 0.3) is 33.4 Å². The van der Waals surface area contributed by atoms with E-state index < -0.39 is 0 Å². The molecular weight excluding hydrogens is 404 g/mol. The number of fused-ring (bicyclic) bond motifs is 6. The van der Waals surface area contributed by atoms with Crippen molar-refractivity contribution >= 4 is 22.5 Å². The number of hydrogen-bond donors (Lipinski definition) is 0. The molecule has 0 heterocycles. The van der Waals surface area contributed by atoms with Crippen molar-refractivity contribution in [2.24, 2.45) is 0 Å². The van der Waals surface area contributed by atoms with Crippen LogP contribution in [0.3, 0.4) is 0 Å². The predicted octanol–water partition coefficient (Wildman–Crippen LogP) is 6.47. The molecule has 6 heteroatoms. The molecule has 0 unspecified atom stereocenters. The van der Waals surface area contributed by atoms with Crippen molar-refractivity contribution in [3.05, 3.63) is 127 Å². The summed E-state index contributed by atoms with van der Waals surface area (Å²) in [7, 11) is 0. The summed E-state index contributed by atoms with van der Waals surface area (Å²) in [5.74, 6) is 0. The summed E-state index contributed by atoms with van der Waals surface area (Å²) < 4.78 is 0. The molecule has 0 fully saturated rings. The SMILES string of the molecule is O=[N+]([O-])c1ccc2c(c1)-c1ccccc1/C2=C1/c2ccccc2-c2cc([N+](=O)[O-])ccc21. The Kier molecular flexibility index (Phi) is 3.67. The van der Waals surface area contributed by atoms with Crippen molar-refractivity contribution in [2.75, 3.05) is 0 Å². The third kappa shape index (κ3) is 2.40. The average Bonchev–Trinajstić information content (AvgIpc) is 3.30. The van der Waals surface area contributed by atoms with Gasteiger partial charge in [-0.3, -0.25) is 20.2 Å². The van der Waals surface area contributed by atoms with E-state index in [1.165, 1.54) is 12.1 Å². The lowest BCUT2D eigenvalue weighted by atomic mass is 9.91. The molecule has 0 aliphatic heterocycles. The van der Waals surface area contributed by atoms with Crippen molar-refractivity contribution in [2.45, 2.75) is 0 Å². The van der Waals surface area contributed by atoms with Gasteiger partial charge in [0.25, 0.3) is 11.4 Å². The number of nitro benzene ring substituents is 2. The summed E-state index contributed by atoms with van der Waals surface area (Å²) in [4.78, 5) is 22.0. The molecule has 6 nitrogen and oxygen atoms in total. The van der Waals surface area contributed by atoms with Gasteiger partial charge in [-0.25, -0.2) is 0 Å². The highest BCUT2D eigenvalue weighted by molar-refractivity contribution is 6.19. The van der Waals surface area contributed by atoms with Crippen LogP contribution in [0.15, 0.2) is 84.9 Å². The highest BCUT2D eigenvalue weighted by Crippen LogP contribution is 2.54. The summed E-state index contributed by atoms with van der Waals surface area (Å²) in [6, 6.07) is 25.7. The van der Waals surface area contributed by atoms with Gasteiger partial charge in [-0.15, -0.1) is 0 Å². The van der Waals surface area contributed by atoms with Crippen LogP contribution in [-0.2, 0) is 0 Å². The first kappa shape index (κ1) is 18.2. The maximum absolute atomic E-state index is 11.4. The number of nitro groups is 2. The summed E-state index contributed by atoms with van der Waals surface area (Å²) in [5.41, 5.74) is 9.47. The van der Waals surface area contributed by atoms with Gasteiger partial charge in [-0.05, 0) is 67.8 Å². The molecule has 2 aliphatic carbocycles. The molecule has 0 amide bonds. The molecule has 0 atom stereocenters. The van der Waals surface area contributed by atoms with Crippen molar-refractivity contribution in [1.82, 2.24) is 0 Å². The van der Waals surface area contributed by atoms with Gasteiger partial charge in [0.2, 0.25) is 0 Å². The fourth-order valence-electron chi connectivity index (χ4n) is 4.87. The van der Waals surface area contributed by atoms with Crippen molar-refractivity contribution < 1.29 is 9.85 Å². The Morgan fingerprint density at radius 2 is 0.781 bits per heavy atom. The molecule has 0 aromatic heterocycles. The molecule has 0 bridgehead atoms. The minimum Gasteiger partial charge on any atom is -0.258 e. The minimum absolute atomic E-state index is 0.0488. The smallest absolute Gasteiger partial charge is 0.258 e. The fraction of sp³-hybridized carbons (Fsp3) is 0. The molecule has 32 heavy (non-hydrogen) atoms. The van der Waals surface area contributed by atoms with Gasteiger partial charge in [-0.2, -0.15) is 0 Å². The molecule has 0 radical (unpaired) electrons. The first-order chi connectivity index (χ1) is 15.5.